The van der Waals surface area contributed by atoms with Crippen molar-refractivity contribution in [3.8, 4) is 5.75 Å². The van der Waals surface area contributed by atoms with Crippen LogP contribution in [0.25, 0.3) is 0 Å². The lowest BCUT2D eigenvalue weighted by atomic mass is 10.2. The van der Waals surface area contributed by atoms with E-state index in [-0.39, 0.29) is 0 Å². The number of thioether (sulfide) groups is 1. The molecule has 0 aliphatic carbocycles. The van der Waals surface area contributed by atoms with Crippen LogP contribution < -0.4 is 10.5 Å². The summed E-state index contributed by atoms with van der Waals surface area (Å²) in [5.74, 6) is 1.40. The van der Waals surface area contributed by atoms with Crippen molar-refractivity contribution in [3.05, 3.63) is 59.1 Å². The summed E-state index contributed by atoms with van der Waals surface area (Å²) in [5.41, 5.74) is 7.93. The summed E-state index contributed by atoms with van der Waals surface area (Å²) in [6.45, 7) is 2.55. The highest BCUT2D eigenvalue weighted by Gasteiger charge is 2.00. The molecule has 0 aliphatic heterocycles. The Balaban J connectivity index is 1.79. The SMILES string of the molecule is Cc1cccc(N=C(N)SCCOc2ccccc2Cl)c1. The highest BCUT2D eigenvalue weighted by Crippen LogP contribution is 2.23. The maximum absolute atomic E-state index is 6.01. The first kappa shape index (κ1) is 15.7. The zero-order chi connectivity index (χ0) is 15.1. The minimum absolute atomic E-state index is 0.526. The first-order valence-electron chi connectivity index (χ1n) is 6.56. The molecule has 0 amide bonds. The van der Waals surface area contributed by atoms with E-state index in [0.717, 1.165) is 11.3 Å². The third-order valence-electron chi connectivity index (χ3n) is 2.67. The molecule has 5 heteroatoms. The number of para-hydroxylation sites is 1. The molecule has 0 aromatic heterocycles. The van der Waals surface area contributed by atoms with Crippen LogP contribution in [0.1, 0.15) is 5.56 Å². The molecule has 2 rings (SSSR count). The average molecular weight is 321 g/mol. The highest BCUT2D eigenvalue weighted by atomic mass is 35.5. The van der Waals surface area contributed by atoms with Gasteiger partial charge < -0.3 is 10.5 Å². The van der Waals surface area contributed by atoms with E-state index in [1.807, 2.05) is 49.4 Å². The molecule has 2 N–H and O–H groups in total. The fourth-order valence-corrected chi connectivity index (χ4v) is 2.45. The fourth-order valence-electron chi connectivity index (χ4n) is 1.72. The Labute approximate surface area is 134 Å². The predicted octanol–water partition coefficient (Wildman–Crippen LogP) is 4.41. The van der Waals surface area contributed by atoms with Crippen LogP contribution in [0.3, 0.4) is 0 Å². The van der Waals surface area contributed by atoms with Gasteiger partial charge in [-0.1, -0.05) is 47.6 Å². The number of ether oxygens (including phenoxy) is 1. The Morgan fingerprint density at radius 2 is 2.05 bits per heavy atom. The number of nitrogens with zero attached hydrogens (tertiary/aromatic N) is 1. The maximum Gasteiger partial charge on any atom is 0.159 e. The summed E-state index contributed by atoms with van der Waals surface area (Å²) in [4.78, 5) is 4.36. The van der Waals surface area contributed by atoms with Gasteiger partial charge >= 0.3 is 0 Å². The predicted molar refractivity (Wildman–Crippen MR) is 91.9 cm³/mol. The molecule has 0 unspecified atom stereocenters. The number of aryl methyl sites for hydroxylation is 1. The van der Waals surface area contributed by atoms with Crippen LogP contribution in [-0.2, 0) is 0 Å². The molecule has 0 radical (unpaired) electrons. The van der Waals surface area contributed by atoms with Crippen molar-refractivity contribution in [1.82, 2.24) is 0 Å². The van der Waals surface area contributed by atoms with Crippen molar-refractivity contribution in [2.75, 3.05) is 12.4 Å². The molecule has 0 atom stereocenters. The van der Waals surface area contributed by atoms with E-state index in [2.05, 4.69) is 4.99 Å². The van der Waals surface area contributed by atoms with Gasteiger partial charge in [-0.05, 0) is 36.8 Å². The Hall–Kier alpha value is -1.65. The van der Waals surface area contributed by atoms with Gasteiger partial charge in [0.05, 0.1) is 17.3 Å². The van der Waals surface area contributed by atoms with Crippen LogP contribution in [0.5, 0.6) is 5.75 Å². The van der Waals surface area contributed by atoms with Gasteiger partial charge in [0, 0.05) is 5.75 Å². The second-order valence-electron chi connectivity index (χ2n) is 4.42. The summed E-state index contributed by atoms with van der Waals surface area (Å²) >= 11 is 7.47. The van der Waals surface area contributed by atoms with Gasteiger partial charge in [0.2, 0.25) is 0 Å². The Bertz CT molecular complexity index is 631. The van der Waals surface area contributed by atoms with Crippen LogP contribution in [0.4, 0.5) is 5.69 Å². The van der Waals surface area contributed by atoms with Crippen molar-refractivity contribution in [1.29, 1.82) is 0 Å². The lowest BCUT2D eigenvalue weighted by Crippen LogP contribution is -2.10. The molecule has 110 valence electrons. The lowest BCUT2D eigenvalue weighted by molar-refractivity contribution is 0.344. The fraction of sp³-hybridized carbons (Fsp3) is 0.188. The second kappa shape index (κ2) is 7.96. The number of benzene rings is 2. The molecule has 0 fully saturated rings. The minimum Gasteiger partial charge on any atom is -0.491 e. The van der Waals surface area contributed by atoms with Crippen LogP contribution in [-0.4, -0.2) is 17.5 Å². The standard InChI is InChI=1S/C16H17ClN2OS/c1-12-5-4-6-13(11-12)19-16(18)21-10-9-20-15-8-3-2-7-14(15)17/h2-8,11H,9-10H2,1H3,(H2,18,19). The Kier molecular flexibility index (Phi) is 5.96. The molecule has 0 saturated heterocycles. The van der Waals surface area contributed by atoms with Crippen LogP contribution in [0.15, 0.2) is 53.5 Å². The molecule has 0 aliphatic rings. The molecular weight excluding hydrogens is 304 g/mol. The molecule has 3 nitrogen and oxygen atoms in total. The Morgan fingerprint density at radius 3 is 2.81 bits per heavy atom. The quantitative estimate of drug-likeness (QED) is 0.504. The van der Waals surface area contributed by atoms with Gasteiger partial charge in [-0.15, -0.1) is 0 Å². The van der Waals surface area contributed by atoms with Gasteiger partial charge in [-0.25, -0.2) is 4.99 Å². The third kappa shape index (κ3) is 5.33. The summed E-state index contributed by atoms with van der Waals surface area (Å²) in [6, 6.07) is 15.3. The summed E-state index contributed by atoms with van der Waals surface area (Å²) in [5, 5.41) is 1.15. The maximum atomic E-state index is 6.01. The van der Waals surface area contributed by atoms with Gasteiger partial charge in [0.15, 0.2) is 5.17 Å². The molecule has 0 spiro atoms. The minimum atomic E-state index is 0.526. The Morgan fingerprint density at radius 1 is 1.24 bits per heavy atom. The van der Waals surface area contributed by atoms with Crippen LogP contribution in [0.2, 0.25) is 5.02 Å². The summed E-state index contributed by atoms with van der Waals surface area (Å²) in [7, 11) is 0. The number of hydrogen-bond acceptors (Lipinski definition) is 3. The molecule has 0 heterocycles. The van der Waals surface area contributed by atoms with Crippen molar-refractivity contribution in [2.45, 2.75) is 6.92 Å². The first-order chi connectivity index (χ1) is 10.1. The monoisotopic (exact) mass is 320 g/mol. The van der Waals surface area contributed by atoms with Crippen LogP contribution >= 0.6 is 23.4 Å². The number of rotatable bonds is 5. The molecule has 0 saturated carbocycles. The van der Waals surface area contributed by atoms with E-state index < -0.39 is 0 Å². The number of amidine groups is 1. The van der Waals surface area contributed by atoms with Crippen molar-refractivity contribution in [3.63, 3.8) is 0 Å². The van der Waals surface area contributed by atoms with E-state index in [4.69, 9.17) is 22.1 Å². The summed E-state index contributed by atoms with van der Waals surface area (Å²) in [6.07, 6.45) is 0. The number of aliphatic imine (C=N–C) groups is 1. The van der Waals surface area contributed by atoms with E-state index in [9.17, 15) is 0 Å². The normalized spacial score (nSPS) is 11.4. The molecule has 0 bridgehead atoms. The van der Waals surface area contributed by atoms with E-state index in [0.29, 0.717) is 28.3 Å². The topological polar surface area (TPSA) is 47.6 Å². The largest absolute Gasteiger partial charge is 0.491 e. The smallest absolute Gasteiger partial charge is 0.159 e. The van der Waals surface area contributed by atoms with Crippen LogP contribution in [0, 0.1) is 6.92 Å². The van der Waals surface area contributed by atoms with E-state index in [1.54, 1.807) is 6.07 Å². The highest BCUT2D eigenvalue weighted by molar-refractivity contribution is 8.13. The van der Waals surface area contributed by atoms with Crippen molar-refractivity contribution in [2.24, 2.45) is 10.7 Å². The number of nitrogens with two attached hydrogens (primary N) is 1. The van der Waals surface area contributed by atoms with Gasteiger partial charge in [-0.3, -0.25) is 0 Å². The zero-order valence-corrected chi connectivity index (χ0v) is 13.3. The third-order valence-corrected chi connectivity index (χ3v) is 3.74. The molecular formula is C16H17ClN2OS. The second-order valence-corrected chi connectivity index (χ2v) is 5.94. The van der Waals surface area contributed by atoms with Gasteiger partial charge in [-0.2, -0.15) is 0 Å². The first-order valence-corrected chi connectivity index (χ1v) is 7.92. The average Bonchev–Trinajstić information content (AvgIpc) is 2.45. The molecule has 21 heavy (non-hydrogen) atoms. The zero-order valence-electron chi connectivity index (χ0n) is 11.8. The number of halogens is 1. The number of hydrogen-bond donors (Lipinski definition) is 1. The molecule has 2 aromatic carbocycles. The van der Waals surface area contributed by atoms with E-state index >= 15 is 0 Å². The summed E-state index contributed by atoms with van der Waals surface area (Å²) < 4.78 is 5.59. The lowest BCUT2D eigenvalue weighted by Gasteiger charge is -2.07. The molecule has 2 aromatic rings. The van der Waals surface area contributed by atoms with Gasteiger partial charge in [0.25, 0.3) is 0 Å². The van der Waals surface area contributed by atoms with Crippen molar-refractivity contribution < 1.29 is 4.74 Å². The van der Waals surface area contributed by atoms with Gasteiger partial charge in [0.1, 0.15) is 5.75 Å². The van der Waals surface area contributed by atoms with Crippen molar-refractivity contribution >= 4 is 34.2 Å². The van der Waals surface area contributed by atoms with E-state index in [1.165, 1.54) is 11.8 Å².